The number of hydrogen-bond donors (Lipinski definition) is 0. The van der Waals surface area contributed by atoms with Crippen molar-refractivity contribution < 1.29 is 13.3 Å². The minimum absolute atomic E-state index is 0.178. The molecule has 3 aromatic rings. The summed E-state index contributed by atoms with van der Waals surface area (Å²) in [7, 11) is -5.49. The lowest BCUT2D eigenvalue weighted by atomic mass is 9.87. The van der Waals surface area contributed by atoms with E-state index in [4.69, 9.17) is 13.3 Å². The molecule has 0 amide bonds. The van der Waals surface area contributed by atoms with Crippen molar-refractivity contribution in [2.24, 2.45) is 23.7 Å². The fourth-order valence-corrected chi connectivity index (χ4v) is 30.5. The van der Waals surface area contributed by atoms with Crippen molar-refractivity contribution in [2.45, 2.75) is 232 Å². The van der Waals surface area contributed by atoms with E-state index in [9.17, 15) is 0 Å². The van der Waals surface area contributed by atoms with Crippen LogP contribution in [0.3, 0.4) is 0 Å². The lowest BCUT2D eigenvalue weighted by Gasteiger charge is -2.49. The zero-order valence-corrected chi connectivity index (χ0v) is 57.4. The summed E-state index contributed by atoms with van der Waals surface area (Å²) in [6, 6.07) is 36.2. The summed E-state index contributed by atoms with van der Waals surface area (Å²) in [6.07, 6.45) is 13.8. The summed E-state index contributed by atoms with van der Waals surface area (Å²) < 4.78 is 21.5. The van der Waals surface area contributed by atoms with E-state index in [2.05, 4.69) is 241 Å². The molecule has 82 heavy (non-hydrogen) atoms. The highest BCUT2D eigenvalue weighted by atomic mass is 28.4. The van der Waals surface area contributed by atoms with Gasteiger partial charge in [-0.15, -0.1) is 13.2 Å². The van der Waals surface area contributed by atoms with Crippen LogP contribution >= 0.6 is 0 Å². The number of rotatable bonds is 18. The molecule has 3 aliphatic heterocycles. The lowest BCUT2D eigenvalue weighted by molar-refractivity contribution is 0.151. The topological polar surface area (TPSA) is 27.7 Å². The molecule has 3 saturated heterocycles. The van der Waals surface area contributed by atoms with Crippen molar-refractivity contribution >= 4 is 41.7 Å². The first-order chi connectivity index (χ1) is 38.8. The van der Waals surface area contributed by atoms with Crippen molar-refractivity contribution in [3.05, 3.63) is 197 Å². The van der Waals surface area contributed by atoms with Crippen LogP contribution in [0.1, 0.15) is 179 Å². The second kappa shape index (κ2) is 27.9. The van der Waals surface area contributed by atoms with Crippen LogP contribution in [0.5, 0.6) is 0 Å². The van der Waals surface area contributed by atoms with E-state index >= 15 is 0 Å². The van der Waals surface area contributed by atoms with E-state index in [1.807, 2.05) is 6.08 Å². The Labute approximate surface area is 504 Å². The Kier molecular flexibility index (Phi) is 22.3. The molecule has 9 rings (SSSR count). The average molecular weight is 1160 g/mol. The van der Waals surface area contributed by atoms with E-state index in [-0.39, 0.29) is 18.3 Å². The minimum atomic E-state index is -1.85. The molecule has 0 aromatic heterocycles. The molecule has 7 atom stereocenters. The molecule has 444 valence electrons. The highest BCUT2D eigenvalue weighted by Gasteiger charge is 2.56. The number of benzene rings is 3. The van der Waals surface area contributed by atoms with Gasteiger partial charge < -0.3 is 13.3 Å². The molecule has 3 heterocycles. The highest BCUT2D eigenvalue weighted by molar-refractivity contribution is 6.77. The first kappa shape index (κ1) is 65.4. The van der Waals surface area contributed by atoms with Gasteiger partial charge >= 0.3 is 0 Å². The van der Waals surface area contributed by atoms with Crippen LogP contribution in [-0.2, 0) is 13.3 Å². The Morgan fingerprint density at radius 3 is 1.12 bits per heavy atom. The van der Waals surface area contributed by atoms with Gasteiger partial charge in [0.2, 0.25) is 0 Å². The molecule has 3 nitrogen and oxygen atoms in total. The lowest BCUT2D eigenvalue weighted by Crippen LogP contribution is -2.53. The zero-order chi connectivity index (χ0) is 60.0. The van der Waals surface area contributed by atoms with E-state index < -0.39 is 25.0 Å². The molecule has 3 fully saturated rings. The Hall–Kier alpha value is -4.15. The highest BCUT2D eigenvalue weighted by Crippen LogP contribution is 2.59. The van der Waals surface area contributed by atoms with Gasteiger partial charge in [-0.3, -0.25) is 0 Å². The summed E-state index contributed by atoms with van der Waals surface area (Å²) in [5.74, 6) is 2.50. The third-order valence-corrected chi connectivity index (χ3v) is 37.6. The maximum Gasteiger partial charge on any atom is 0.199 e. The maximum absolute atomic E-state index is 7.33. The average Bonchev–Trinajstić information content (AvgIpc) is 2.66. The van der Waals surface area contributed by atoms with Crippen molar-refractivity contribution in [3.63, 3.8) is 0 Å². The van der Waals surface area contributed by atoms with Gasteiger partial charge in [0.25, 0.3) is 0 Å². The quantitative estimate of drug-likeness (QED) is 0.0938. The Balaban J connectivity index is 0.000000178. The van der Waals surface area contributed by atoms with Gasteiger partial charge in [0, 0.05) is 0 Å². The molecule has 6 heteroatoms. The monoisotopic (exact) mass is 1150 g/mol. The molecule has 0 N–H and O–H groups in total. The number of hydrogen-bond acceptors (Lipinski definition) is 3. The van der Waals surface area contributed by atoms with Crippen molar-refractivity contribution in [3.8, 4) is 0 Å². The van der Waals surface area contributed by atoms with E-state index in [0.717, 1.165) is 38.5 Å². The van der Waals surface area contributed by atoms with Crippen LogP contribution in [0.2, 0.25) is 51.4 Å². The van der Waals surface area contributed by atoms with Gasteiger partial charge in [-0.05, 0) is 214 Å². The molecule has 3 aromatic carbocycles. The van der Waals surface area contributed by atoms with Crippen LogP contribution in [0.4, 0.5) is 0 Å². The zero-order valence-electron chi connectivity index (χ0n) is 54.4. The smallest absolute Gasteiger partial charge is 0.199 e. The van der Waals surface area contributed by atoms with Crippen molar-refractivity contribution in [2.75, 3.05) is 0 Å². The molecule has 7 unspecified atom stereocenters. The standard InChI is InChI=1S/C29H44OSi.C24H34OSi.C23H32OSi/c1-20(2)13-12-14-23(7)17-27-29-26(19-31(30-27,21(3)4)22(5)6)18-24(8)28(29)25-15-10-9-11-16-25;1-16(2)13-22-24-21(15-26(25-22,17(3)4)18(5)6)14-19(7)23(24)20-11-9-8-10-12-20;1-7-11-21-23-20(15-25(24-21,16(2)3)17(4)5)14-18(6)22(23)19-12-9-8-10-13-19/h9-11,13,15-16,21-23,26-27H,8,12,14,17-19H2,1-7H3;8-12,17-18,21-22H,1,7,13-15H2,2-6H3;7-10,12-13,16-17,20-21H,1,6,11,14-15H2,2-5H3. The van der Waals surface area contributed by atoms with E-state index in [1.54, 1.807) is 5.57 Å². The van der Waals surface area contributed by atoms with Gasteiger partial charge in [0.05, 0.1) is 18.3 Å². The maximum atomic E-state index is 7.33. The number of allylic oxidation sites excluding steroid dienone is 8. The fraction of sp³-hybridized carbons (Fsp3) is 0.526. The second-order valence-electron chi connectivity index (χ2n) is 28.2. The predicted molar refractivity (Wildman–Crippen MR) is 365 cm³/mol. The molecule has 0 saturated carbocycles. The first-order valence-corrected chi connectivity index (χ1v) is 39.0. The third-order valence-electron chi connectivity index (χ3n) is 20.3. The molecule has 6 aliphatic rings. The normalized spacial score (nSPS) is 24.8. The summed E-state index contributed by atoms with van der Waals surface area (Å²) >= 11 is 0. The van der Waals surface area contributed by atoms with Gasteiger partial charge in [0.1, 0.15) is 0 Å². The Bertz CT molecular complexity index is 2830. The van der Waals surface area contributed by atoms with Gasteiger partial charge in [-0.1, -0.05) is 224 Å². The van der Waals surface area contributed by atoms with Crippen LogP contribution in [0.25, 0.3) is 16.7 Å². The summed E-state index contributed by atoms with van der Waals surface area (Å²) in [5, 5.41) is 0. The Morgan fingerprint density at radius 1 is 0.488 bits per heavy atom. The van der Waals surface area contributed by atoms with Crippen LogP contribution in [0, 0.1) is 23.7 Å². The van der Waals surface area contributed by atoms with Crippen LogP contribution in [0.15, 0.2) is 181 Å². The molecule has 0 bridgehead atoms. The largest absolute Gasteiger partial charge is 0.410 e. The molecule has 0 spiro atoms. The Morgan fingerprint density at radius 2 is 0.805 bits per heavy atom. The predicted octanol–water partition coefficient (Wildman–Crippen LogP) is 22.9. The van der Waals surface area contributed by atoms with Crippen LogP contribution < -0.4 is 0 Å². The SMILES string of the molecule is C=C(C)CC1O[Si](C(C)C)(C(C)C)CC2CC(=C)C(c3ccccc3)=C21.C=C1CC2C[Si](C(C)C)(C(C)C)OC(CC(C)CCC=C(C)C)C2=C1c1ccccc1.C=CCC1O[Si](C(C)C)(C(C)C)CC2CC(=C)C(c3ccccc3)=C21. The summed E-state index contributed by atoms with van der Waals surface area (Å²) in [6.45, 7) is 59.3. The molecular weight excluding hydrogens is 1050 g/mol. The van der Waals surface area contributed by atoms with Gasteiger partial charge in [-0.25, -0.2) is 0 Å². The van der Waals surface area contributed by atoms with Crippen molar-refractivity contribution in [1.29, 1.82) is 0 Å². The molecule has 3 aliphatic carbocycles. The van der Waals surface area contributed by atoms with E-state index in [0.29, 0.717) is 56.9 Å². The van der Waals surface area contributed by atoms with Crippen molar-refractivity contribution in [1.82, 2.24) is 0 Å². The summed E-state index contributed by atoms with van der Waals surface area (Å²) in [4.78, 5) is 0. The molecular formula is C76H110O3Si3. The van der Waals surface area contributed by atoms with Gasteiger partial charge in [0.15, 0.2) is 25.0 Å². The number of fused-ring (bicyclic) bond motifs is 3. The van der Waals surface area contributed by atoms with Gasteiger partial charge in [-0.2, -0.15) is 0 Å². The third kappa shape index (κ3) is 13.9. The minimum Gasteiger partial charge on any atom is -0.410 e. The first-order valence-electron chi connectivity index (χ1n) is 32.2. The fourth-order valence-electron chi connectivity index (χ4n) is 16.1. The summed E-state index contributed by atoms with van der Waals surface area (Å²) in [5.41, 5.74) is 23.0. The van der Waals surface area contributed by atoms with E-state index in [1.165, 1.54) is 103 Å². The van der Waals surface area contributed by atoms with Crippen LogP contribution in [-0.4, -0.2) is 43.3 Å². The second-order valence-corrected chi connectivity index (χ2v) is 42.8. The molecule has 0 radical (unpaired) electrons.